The minimum absolute atomic E-state index is 0.235. The van der Waals surface area contributed by atoms with E-state index >= 15 is 0 Å². The van der Waals surface area contributed by atoms with Crippen LogP contribution in [0.25, 0.3) is 10.9 Å². The Balaban J connectivity index is 1.37. The minimum atomic E-state index is 0.235. The molecule has 1 aliphatic heterocycles. The van der Waals surface area contributed by atoms with E-state index in [2.05, 4.69) is 23.7 Å². The summed E-state index contributed by atoms with van der Waals surface area (Å²) in [4.78, 5) is 20.3. The van der Waals surface area contributed by atoms with Gasteiger partial charge in [-0.1, -0.05) is 78.1 Å². The number of methoxy groups -OCH3 is 1. The van der Waals surface area contributed by atoms with Crippen LogP contribution in [0.2, 0.25) is 0 Å². The first-order chi connectivity index (χ1) is 17.7. The summed E-state index contributed by atoms with van der Waals surface area (Å²) in [6.07, 6.45) is 19.8. The summed E-state index contributed by atoms with van der Waals surface area (Å²) in [5.74, 6) is 2.37. The fourth-order valence-corrected chi connectivity index (χ4v) is 5.97. The summed E-state index contributed by atoms with van der Waals surface area (Å²) in [5, 5.41) is 0.903. The van der Waals surface area contributed by atoms with Crippen molar-refractivity contribution in [3.8, 4) is 5.75 Å². The molecule has 2 aromatic rings. The van der Waals surface area contributed by atoms with Gasteiger partial charge >= 0.3 is 0 Å². The van der Waals surface area contributed by atoms with Crippen LogP contribution < -0.4 is 4.74 Å². The van der Waals surface area contributed by atoms with Crippen molar-refractivity contribution in [2.24, 2.45) is 11.8 Å². The van der Waals surface area contributed by atoms with Crippen LogP contribution in [0.15, 0.2) is 30.5 Å². The van der Waals surface area contributed by atoms with Crippen LogP contribution in [-0.4, -0.2) is 42.4 Å². The number of fused-ring (bicyclic) bond motifs is 1. The number of carbonyl (C=O) groups is 1. The predicted molar refractivity (Wildman–Crippen MR) is 152 cm³/mol. The van der Waals surface area contributed by atoms with Gasteiger partial charge in [-0.2, -0.15) is 0 Å². The minimum Gasteiger partial charge on any atom is -0.497 e. The van der Waals surface area contributed by atoms with Crippen LogP contribution in [0.3, 0.4) is 0 Å². The van der Waals surface area contributed by atoms with Crippen LogP contribution in [0.4, 0.5) is 0 Å². The molecule has 0 amide bonds. The van der Waals surface area contributed by atoms with E-state index in [-0.39, 0.29) is 5.78 Å². The van der Waals surface area contributed by atoms with Crippen LogP contribution in [-0.2, 0) is 0 Å². The Kier molecular flexibility index (Phi) is 12.7. The fraction of sp³-hybridized carbons (Fsp3) is 0.688. The van der Waals surface area contributed by atoms with Crippen LogP contribution in [0, 0.1) is 11.8 Å². The quantitative estimate of drug-likeness (QED) is 0.163. The van der Waals surface area contributed by atoms with Crippen LogP contribution in [0.1, 0.15) is 114 Å². The van der Waals surface area contributed by atoms with Crippen molar-refractivity contribution < 1.29 is 9.53 Å². The van der Waals surface area contributed by atoms with E-state index in [9.17, 15) is 4.79 Å². The number of nitrogens with zero attached hydrogens (tertiary/aromatic N) is 2. The molecule has 0 bridgehead atoms. The molecular formula is C32H50N2O2. The number of benzene rings is 1. The van der Waals surface area contributed by atoms with Crippen molar-refractivity contribution in [1.82, 2.24) is 9.88 Å². The second-order valence-corrected chi connectivity index (χ2v) is 10.9. The number of hydrogen-bond acceptors (Lipinski definition) is 4. The van der Waals surface area contributed by atoms with Gasteiger partial charge < -0.3 is 9.64 Å². The van der Waals surface area contributed by atoms with Gasteiger partial charge in [-0.05, 0) is 68.5 Å². The predicted octanol–water partition coefficient (Wildman–Crippen LogP) is 8.48. The first-order valence-electron chi connectivity index (χ1n) is 14.8. The Labute approximate surface area is 220 Å². The van der Waals surface area contributed by atoms with Crippen LogP contribution >= 0.6 is 0 Å². The van der Waals surface area contributed by atoms with Gasteiger partial charge in [0.1, 0.15) is 5.75 Å². The highest BCUT2D eigenvalue weighted by molar-refractivity contribution is 6.07. The Morgan fingerprint density at radius 2 is 1.69 bits per heavy atom. The highest BCUT2D eigenvalue weighted by atomic mass is 16.5. The molecule has 0 spiro atoms. The molecule has 2 heterocycles. The van der Waals surface area contributed by atoms with Gasteiger partial charge in [0, 0.05) is 30.1 Å². The summed E-state index contributed by atoms with van der Waals surface area (Å²) in [6, 6.07) is 7.65. The number of aromatic nitrogens is 1. The molecule has 4 heteroatoms. The summed E-state index contributed by atoms with van der Waals surface area (Å²) < 4.78 is 5.38. The third-order valence-electron chi connectivity index (χ3n) is 8.32. The molecule has 0 unspecified atom stereocenters. The second-order valence-electron chi connectivity index (χ2n) is 10.9. The molecule has 0 aliphatic carbocycles. The zero-order valence-electron chi connectivity index (χ0n) is 23.3. The van der Waals surface area contributed by atoms with E-state index in [0.29, 0.717) is 18.3 Å². The molecule has 4 nitrogen and oxygen atoms in total. The zero-order chi connectivity index (χ0) is 25.6. The van der Waals surface area contributed by atoms with Gasteiger partial charge in [0.25, 0.3) is 0 Å². The highest BCUT2D eigenvalue weighted by Gasteiger charge is 2.28. The first kappa shape index (κ1) is 28.6. The number of unbranched alkanes of at least 4 members (excludes halogenated alkanes) is 9. The molecule has 0 N–H and O–H groups in total. The molecule has 0 radical (unpaired) electrons. The number of piperidine rings is 1. The number of ether oxygens (including phenoxy) is 1. The van der Waals surface area contributed by atoms with E-state index in [1.807, 2.05) is 24.3 Å². The molecule has 1 saturated heterocycles. The maximum Gasteiger partial charge on any atom is 0.163 e. The molecule has 200 valence electrons. The summed E-state index contributed by atoms with van der Waals surface area (Å²) in [7, 11) is 1.66. The molecule has 1 fully saturated rings. The second kappa shape index (κ2) is 16.0. The number of carbonyl (C=O) groups excluding carboxylic acids is 1. The molecule has 36 heavy (non-hydrogen) atoms. The number of ketones is 1. The maximum absolute atomic E-state index is 13.2. The number of likely N-dealkylation sites (tertiary alicyclic amines) is 1. The van der Waals surface area contributed by atoms with E-state index in [4.69, 9.17) is 4.74 Å². The largest absolute Gasteiger partial charge is 0.497 e. The molecule has 3 rings (SSSR count). The number of Topliss-reactive ketones (excluding diaryl/α,β-unsaturated/α-hetero) is 1. The lowest BCUT2D eigenvalue weighted by atomic mass is 9.80. The first-order valence-corrected chi connectivity index (χ1v) is 14.8. The molecule has 1 aromatic carbocycles. The van der Waals surface area contributed by atoms with Crippen molar-refractivity contribution >= 4 is 16.7 Å². The average molecular weight is 495 g/mol. The number of hydrogen-bond donors (Lipinski definition) is 0. The molecule has 0 saturated carbocycles. The maximum atomic E-state index is 13.2. The average Bonchev–Trinajstić information content (AvgIpc) is 2.92. The Morgan fingerprint density at radius 1 is 0.972 bits per heavy atom. The summed E-state index contributed by atoms with van der Waals surface area (Å²) in [5.41, 5.74) is 1.64. The van der Waals surface area contributed by atoms with Gasteiger partial charge in [-0.3, -0.25) is 9.78 Å². The Bertz CT molecular complexity index is 912. The zero-order valence-corrected chi connectivity index (χ0v) is 23.3. The van der Waals surface area contributed by atoms with Crippen LogP contribution in [0.5, 0.6) is 5.75 Å². The monoisotopic (exact) mass is 494 g/mol. The smallest absolute Gasteiger partial charge is 0.163 e. The topological polar surface area (TPSA) is 42.4 Å². The van der Waals surface area contributed by atoms with Gasteiger partial charge in [0.2, 0.25) is 0 Å². The lowest BCUT2D eigenvalue weighted by Crippen LogP contribution is -2.40. The fourth-order valence-electron chi connectivity index (χ4n) is 5.97. The van der Waals surface area contributed by atoms with E-state index < -0.39 is 0 Å². The highest BCUT2D eigenvalue weighted by Crippen LogP contribution is 2.31. The summed E-state index contributed by atoms with van der Waals surface area (Å²) >= 11 is 0. The van der Waals surface area contributed by atoms with Crippen molar-refractivity contribution in [3.05, 3.63) is 36.0 Å². The summed E-state index contributed by atoms with van der Waals surface area (Å²) in [6.45, 7) is 8.27. The normalized spacial score (nSPS) is 18.5. The Hall–Kier alpha value is -1.94. The molecule has 2 atom stereocenters. The van der Waals surface area contributed by atoms with Gasteiger partial charge in [-0.15, -0.1) is 0 Å². The van der Waals surface area contributed by atoms with Crippen molar-refractivity contribution in [3.63, 3.8) is 0 Å². The van der Waals surface area contributed by atoms with E-state index in [1.165, 1.54) is 96.7 Å². The van der Waals surface area contributed by atoms with Gasteiger partial charge in [-0.25, -0.2) is 0 Å². The van der Waals surface area contributed by atoms with Gasteiger partial charge in [0.05, 0.1) is 12.6 Å². The number of pyridine rings is 1. The third-order valence-corrected chi connectivity index (χ3v) is 8.32. The van der Waals surface area contributed by atoms with Crippen molar-refractivity contribution in [1.29, 1.82) is 0 Å². The molecule has 1 aliphatic rings. The standard InChI is InChI=1S/C32H50N2O2/c1-4-6-7-8-9-10-11-12-13-14-22-34-23-20-27(26(5-2)25-34)15-18-32(35)29-19-21-33-31-17-16-28(36-3)24-30(29)31/h16-17,19,21,24,26-27H,4-15,18,20,22-23,25H2,1-3H3/t26-,27+/m0/s1. The lowest BCUT2D eigenvalue weighted by Gasteiger charge is -2.38. The van der Waals surface area contributed by atoms with Crippen molar-refractivity contribution in [2.45, 2.75) is 104 Å². The number of rotatable bonds is 17. The molecule has 1 aromatic heterocycles. The Morgan fingerprint density at radius 3 is 2.39 bits per heavy atom. The van der Waals surface area contributed by atoms with E-state index in [1.54, 1.807) is 13.3 Å². The van der Waals surface area contributed by atoms with E-state index in [0.717, 1.165) is 28.6 Å². The lowest BCUT2D eigenvalue weighted by molar-refractivity contribution is 0.0899. The van der Waals surface area contributed by atoms with Gasteiger partial charge in [0.15, 0.2) is 5.78 Å². The third kappa shape index (κ3) is 8.87. The molecular weight excluding hydrogens is 444 g/mol. The van der Waals surface area contributed by atoms with Crippen molar-refractivity contribution in [2.75, 3.05) is 26.7 Å². The SMILES string of the molecule is CCCCCCCCCCCCN1CC[C@@H](CCC(=O)c2ccnc3ccc(OC)cc23)[C@@H](CC)C1.